The normalized spacial score (nSPS) is 15.9. The van der Waals surface area contributed by atoms with Gasteiger partial charge in [-0.3, -0.25) is 4.90 Å². The number of nitrogens with two attached hydrogens (primary N) is 1. The van der Waals surface area contributed by atoms with E-state index in [1.807, 2.05) is 48.5 Å². The number of cyclic esters (lactones) is 1. The van der Waals surface area contributed by atoms with Crippen LogP contribution in [0.1, 0.15) is 30.3 Å². The van der Waals surface area contributed by atoms with Gasteiger partial charge in [-0.05, 0) is 0 Å². The number of amides is 2. The first-order valence-corrected chi connectivity index (χ1v) is 15.5. The van der Waals surface area contributed by atoms with E-state index in [0.29, 0.717) is 34.9 Å². The number of anilines is 1. The number of carbonyl (C=O) groups is 2. The Morgan fingerprint density at radius 2 is 1.76 bits per heavy atom. The quantitative estimate of drug-likeness (QED) is 0.275. The van der Waals surface area contributed by atoms with Crippen LogP contribution in [0.15, 0.2) is 54.6 Å². The molecule has 2 amide bonds. The molecular weight excluding hydrogens is 583 g/mol. The Hall–Kier alpha value is -4.10. The number of ether oxygens (including phenoxy) is 3. The van der Waals surface area contributed by atoms with E-state index in [4.69, 9.17) is 19.9 Å². The van der Waals surface area contributed by atoms with Crippen LogP contribution in [0.3, 0.4) is 0 Å². The zero-order chi connectivity index (χ0) is 28.7. The number of carbonyl (C=O) groups excluding carboxylic acids is 2. The van der Waals surface area contributed by atoms with Gasteiger partial charge < -0.3 is 4.74 Å². The van der Waals surface area contributed by atoms with Crippen molar-refractivity contribution in [3.63, 3.8) is 0 Å². The van der Waals surface area contributed by atoms with E-state index in [9.17, 15) is 9.59 Å². The zero-order valence-electron chi connectivity index (χ0n) is 23.1. The molecule has 10 heteroatoms. The summed E-state index contributed by atoms with van der Waals surface area (Å²) in [5.41, 5.74) is 11.0. The number of rotatable bonds is 9. The summed E-state index contributed by atoms with van der Waals surface area (Å²) in [7, 11) is 3.26. The summed E-state index contributed by atoms with van der Waals surface area (Å²) in [6.07, 6.45) is 2.14. The van der Waals surface area contributed by atoms with Crippen molar-refractivity contribution >= 4 is 48.7 Å². The predicted molar refractivity (Wildman–Crippen MR) is 158 cm³/mol. The van der Waals surface area contributed by atoms with Gasteiger partial charge in [0.2, 0.25) is 0 Å². The second-order valence-electron chi connectivity index (χ2n) is 10.3. The molecule has 3 aromatic carbocycles. The molecule has 1 aromatic heterocycles. The minimum absolute atomic E-state index is 0.287. The molecule has 1 radical (unpaired) electrons. The zero-order valence-corrected chi connectivity index (χ0v) is 25.0. The summed E-state index contributed by atoms with van der Waals surface area (Å²) in [5.74, 6) is 1.53. The van der Waals surface area contributed by atoms with Crippen LogP contribution in [0.5, 0.6) is 11.5 Å². The van der Waals surface area contributed by atoms with E-state index in [0.717, 1.165) is 43.6 Å². The number of benzene rings is 3. The molecule has 9 nitrogen and oxygen atoms in total. The predicted octanol–water partition coefficient (Wildman–Crippen LogP) is 4.58. The fourth-order valence-electron chi connectivity index (χ4n) is 5.26. The molecule has 41 heavy (non-hydrogen) atoms. The average molecular weight is 614 g/mol. The minimum atomic E-state index is -0.534. The topological polar surface area (TPSA) is 117 Å². The number of primary amides is 1. The van der Waals surface area contributed by atoms with Gasteiger partial charge in [-0.25, -0.2) is 4.79 Å². The third-order valence-electron chi connectivity index (χ3n) is 7.68. The van der Waals surface area contributed by atoms with Crippen LogP contribution in [0, 0.1) is 5.92 Å². The number of fused-ring (bicyclic) bond motifs is 1. The Balaban J connectivity index is 1.41. The van der Waals surface area contributed by atoms with Gasteiger partial charge in [0.25, 0.3) is 0 Å². The first kappa shape index (κ1) is 27.1. The fourth-order valence-corrected chi connectivity index (χ4v) is 8.45. The summed E-state index contributed by atoms with van der Waals surface area (Å²) in [5, 5.41) is 9.59. The van der Waals surface area contributed by atoms with E-state index in [1.54, 1.807) is 19.1 Å². The second kappa shape index (κ2) is 11.1. The van der Waals surface area contributed by atoms with Crippen molar-refractivity contribution in [1.82, 2.24) is 10.2 Å². The number of methoxy groups -OCH3 is 2. The van der Waals surface area contributed by atoms with Crippen molar-refractivity contribution in [2.45, 2.75) is 24.5 Å². The number of hydrogen-bond acceptors (Lipinski definition) is 7. The summed E-state index contributed by atoms with van der Waals surface area (Å²) in [6, 6.07) is 17.7. The Labute approximate surface area is 244 Å². The van der Waals surface area contributed by atoms with Crippen LogP contribution in [0.4, 0.5) is 10.5 Å². The van der Waals surface area contributed by atoms with Crippen LogP contribution in [0.2, 0.25) is 4.71 Å². The number of aromatic nitrogens is 2. The van der Waals surface area contributed by atoms with Gasteiger partial charge in [0, 0.05) is 0 Å². The van der Waals surface area contributed by atoms with Crippen molar-refractivity contribution in [3.8, 4) is 33.8 Å². The Morgan fingerprint density at radius 3 is 2.44 bits per heavy atom. The molecule has 1 aliphatic heterocycles. The Morgan fingerprint density at radius 1 is 1.00 bits per heavy atom. The summed E-state index contributed by atoms with van der Waals surface area (Å²) in [4.78, 5) is 25.9. The van der Waals surface area contributed by atoms with Crippen LogP contribution in [0.25, 0.3) is 33.2 Å². The molecule has 1 saturated carbocycles. The molecule has 1 atom stereocenters. The first-order valence-electron chi connectivity index (χ1n) is 13.5. The summed E-state index contributed by atoms with van der Waals surface area (Å²) >= 11 is -0.294. The maximum atomic E-state index is 12.2. The molecule has 1 aliphatic carbocycles. The number of hydrogen-bond donors (Lipinski definition) is 1. The SMILES string of the molecule is COc1cc(N2CCOC2=O)ccc1-c1ccc(OC)c(-c2ccc3c([As][C@H](C)C4CC4)c(C(N)=O)nnc3c2)c1. The van der Waals surface area contributed by atoms with Crippen molar-refractivity contribution in [3.05, 3.63) is 60.3 Å². The molecule has 0 bridgehead atoms. The molecule has 4 aromatic rings. The van der Waals surface area contributed by atoms with Gasteiger partial charge in [-0.2, -0.15) is 0 Å². The molecule has 6 rings (SSSR count). The molecule has 2 aliphatic rings. The van der Waals surface area contributed by atoms with Crippen molar-refractivity contribution in [1.29, 1.82) is 0 Å². The van der Waals surface area contributed by atoms with Crippen LogP contribution in [-0.2, 0) is 4.74 Å². The van der Waals surface area contributed by atoms with Gasteiger partial charge >= 0.3 is 218 Å². The van der Waals surface area contributed by atoms with Gasteiger partial charge in [0.1, 0.15) is 6.61 Å². The van der Waals surface area contributed by atoms with Crippen LogP contribution >= 0.6 is 0 Å². The molecule has 2 fully saturated rings. The van der Waals surface area contributed by atoms with Gasteiger partial charge in [-0.1, -0.05) is 0 Å². The third-order valence-corrected chi connectivity index (χ3v) is 10.9. The van der Waals surface area contributed by atoms with E-state index in [1.165, 1.54) is 12.8 Å². The molecule has 0 unspecified atom stereocenters. The molecular formula is C31H30AsN4O5. The average Bonchev–Trinajstić information content (AvgIpc) is 3.76. The Bertz CT molecular complexity index is 1670. The first-order chi connectivity index (χ1) is 19.9. The Kier molecular flexibility index (Phi) is 7.30. The molecule has 2 heterocycles. The van der Waals surface area contributed by atoms with Gasteiger partial charge in [0.05, 0.1) is 6.54 Å². The van der Waals surface area contributed by atoms with E-state index in [2.05, 4.69) is 23.2 Å². The maximum absolute atomic E-state index is 12.2. The van der Waals surface area contributed by atoms with Crippen molar-refractivity contribution in [2.24, 2.45) is 11.7 Å². The monoisotopic (exact) mass is 613 g/mol. The van der Waals surface area contributed by atoms with Gasteiger partial charge in [0.15, 0.2) is 0 Å². The molecule has 209 valence electrons. The summed E-state index contributed by atoms with van der Waals surface area (Å²) in [6.45, 7) is 3.13. The van der Waals surface area contributed by atoms with E-state index < -0.39 is 5.91 Å². The number of nitrogens with zero attached hydrogens (tertiary/aromatic N) is 3. The van der Waals surface area contributed by atoms with E-state index >= 15 is 0 Å². The molecule has 0 spiro atoms. The molecule has 2 N–H and O–H groups in total. The summed E-state index contributed by atoms with van der Waals surface area (Å²) < 4.78 is 18.0. The standard InChI is InChI=1S/C31H30AsN4O5/c1-17(18-4-5-18)32-28-23-9-6-20(15-25(23)34-35-29(28)30(33)37)24-14-19(7-11-26(24)39-2)22-10-8-21(16-27(22)40-3)36-12-13-41-31(36)38/h6-11,14-18H,4-5,12-13H2,1-3H3,(H2,33,37)/t17-/m1/s1. The van der Waals surface area contributed by atoms with Crippen LogP contribution < -0.4 is 24.5 Å². The third kappa shape index (κ3) is 5.22. The van der Waals surface area contributed by atoms with E-state index in [-0.39, 0.29) is 27.5 Å². The van der Waals surface area contributed by atoms with Crippen molar-refractivity contribution in [2.75, 3.05) is 32.3 Å². The fraction of sp³-hybridized carbons (Fsp3) is 0.290. The van der Waals surface area contributed by atoms with Crippen LogP contribution in [-0.4, -0.2) is 65.3 Å². The second-order valence-corrected chi connectivity index (χ2v) is 13.5. The van der Waals surface area contributed by atoms with Gasteiger partial charge in [-0.15, -0.1) is 0 Å². The molecule has 1 saturated heterocycles. The van der Waals surface area contributed by atoms with Crippen molar-refractivity contribution < 1.29 is 23.8 Å².